The zero-order chi connectivity index (χ0) is 15.4. The number of aliphatic hydroxyl groups is 1. The van der Waals surface area contributed by atoms with Crippen LogP contribution in [0.4, 0.5) is 0 Å². The molecule has 116 valence electrons. The van der Waals surface area contributed by atoms with Crippen LogP contribution in [0.1, 0.15) is 42.5 Å². The highest BCUT2D eigenvalue weighted by molar-refractivity contribution is 5.25. The first kappa shape index (κ1) is 15.3. The number of likely N-dealkylation sites (tertiary alicyclic amines) is 1. The van der Waals surface area contributed by atoms with Crippen molar-refractivity contribution in [1.82, 2.24) is 0 Å². The molecule has 2 atom stereocenters. The van der Waals surface area contributed by atoms with Crippen molar-refractivity contribution in [1.29, 1.82) is 0 Å². The van der Waals surface area contributed by atoms with Gasteiger partial charge in [0.1, 0.15) is 12.1 Å². The first-order valence-corrected chi connectivity index (χ1v) is 8.33. The lowest BCUT2D eigenvalue weighted by Crippen LogP contribution is -2.52. The van der Waals surface area contributed by atoms with Crippen LogP contribution in [-0.4, -0.2) is 29.7 Å². The molecule has 0 spiro atoms. The molecule has 22 heavy (non-hydrogen) atoms. The van der Waals surface area contributed by atoms with Gasteiger partial charge in [0.05, 0.1) is 20.1 Å². The normalized spacial score (nSPS) is 20.3. The average Bonchev–Trinajstić information content (AvgIpc) is 2.57. The van der Waals surface area contributed by atoms with E-state index in [-0.39, 0.29) is 6.04 Å². The third kappa shape index (κ3) is 3.08. The number of hydrogen-bond donors (Lipinski definition) is 1. The predicted octanol–water partition coefficient (Wildman–Crippen LogP) is 4.09. The number of rotatable bonds is 4. The maximum Gasteiger partial charge on any atom is 0.145 e. The fraction of sp³-hybridized carbons (Fsp3) is 0.400. The van der Waals surface area contributed by atoms with E-state index in [1.165, 1.54) is 24.8 Å². The second-order valence-corrected chi connectivity index (χ2v) is 6.70. The van der Waals surface area contributed by atoms with Crippen molar-refractivity contribution in [2.75, 3.05) is 20.1 Å². The van der Waals surface area contributed by atoms with E-state index in [0.717, 1.165) is 23.1 Å². The van der Waals surface area contributed by atoms with Gasteiger partial charge >= 0.3 is 0 Å². The van der Waals surface area contributed by atoms with Crippen molar-refractivity contribution >= 4 is 0 Å². The van der Waals surface area contributed by atoms with E-state index in [0.29, 0.717) is 0 Å². The van der Waals surface area contributed by atoms with Gasteiger partial charge in [0.25, 0.3) is 0 Å². The minimum Gasteiger partial charge on any atom is -0.382 e. The van der Waals surface area contributed by atoms with Gasteiger partial charge < -0.3 is 9.59 Å². The Morgan fingerprint density at radius 1 is 0.773 bits per heavy atom. The van der Waals surface area contributed by atoms with Crippen LogP contribution < -0.4 is 0 Å². The lowest BCUT2D eigenvalue weighted by atomic mass is 9.90. The van der Waals surface area contributed by atoms with E-state index in [1.54, 1.807) is 0 Å². The minimum atomic E-state index is -0.466. The van der Waals surface area contributed by atoms with Gasteiger partial charge in [0.15, 0.2) is 0 Å². The molecule has 0 radical (unpaired) electrons. The molecule has 0 bridgehead atoms. The van der Waals surface area contributed by atoms with Crippen molar-refractivity contribution in [3.63, 3.8) is 0 Å². The van der Waals surface area contributed by atoms with Gasteiger partial charge in [-0.2, -0.15) is 0 Å². The van der Waals surface area contributed by atoms with E-state index in [4.69, 9.17) is 0 Å². The van der Waals surface area contributed by atoms with Crippen LogP contribution in [0.2, 0.25) is 0 Å². The molecule has 2 unspecified atom stereocenters. The zero-order valence-electron chi connectivity index (χ0n) is 13.4. The summed E-state index contributed by atoms with van der Waals surface area (Å²) in [6.07, 6.45) is 3.35. The smallest absolute Gasteiger partial charge is 0.145 e. The highest BCUT2D eigenvalue weighted by Crippen LogP contribution is 2.40. The summed E-state index contributed by atoms with van der Waals surface area (Å²) < 4.78 is 0.931. The monoisotopic (exact) mass is 296 g/mol. The van der Waals surface area contributed by atoms with Crippen molar-refractivity contribution in [2.45, 2.75) is 31.4 Å². The van der Waals surface area contributed by atoms with Crippen LogP contribution >= 0.6 is 0 Å². The minimum absolute atomic E-state index is 0.101. The molecule has 0 aliphatic carbocycles. The molecule has 3 rings (SSSR count). The Labute approximate surface area is 133 Å². The Bertz CT molecular complexity index is 575. The third-order valence-electron chi connectivity index (χ3n) is 5.09. The molecule has 2 heteroatoms. The lowest BCUT2D eigenvalue weighted by Gasteiger charge is -2.46. The van der Waals surface area contributed by atoms with Gasteiger partial charge in [-0.05, 0) is 24.8 Å². The van der Waals surface area contributed by atoms with Crippen molar-refractivity contribution in [3.8, 4) is 0 Å². The number of benzene rings is 2. The molecule has 1 N–H and O–H groups in total. The molecule has 2 aromatic rings. The number of quaternary nitrogens is 1. The Hall–Kier alpha value is -1.64. The highest BCUT2D eigenvalue weighted by Gasteiger charge is 2.40. The molecule has 1 saturated heterocycles. The van der Waals surface area contributed by atoms with E-state index in [1.807, 2.05) is 36.4 Å². The maximum absolute atomic E-state index is 11.1. The SMILES string of the molecule is C[N+]1(C(c2ccccc2)C(O)c2ccccc2)CCCCC1. The van der Waals surface area contributed by atoms with E-state index < -0.39 is 6.10 Å². The summed E-state index contributed by atoms with van der Waals surface area (Å²) >= 11 is 0. The summed E-state index contributed by atoms with van der Waals surface area (Å²) in [7, 11) is 2.31. The van der Waals surface area contributed by atoms with Crippen LogP contribution in [0.5, 0.6) is 0 Å². The quantitative estimate of drug-likeness (QED) is 0.843. The number of likely N-dealkylation sites (N-methyl/N-ethyl adjacent to an activating group) is 1. The summed E-state index contributed by atoms with van der Waals surface area (Å²) in [5.74, 6) is 0. The molecular formula is C20H26NO+. The largest absolute Gasteiger partial charge is 0.382 e. The molecule has 1 fully saturated rings. The predicted molar refractivity (Wildman–Crippen MR) is 90.4 cm³/mol. The maximum atomic E-state index is 11.1. The lowest BCUT2D eigenvalue weighted by molar-refractivity contribution is -0.948. The van der Waals surface area contributed by atoms with Gasteiger partial charge in [0.2, 0.25) is 0 Å². The molecule has 0 amide bonds. The molecule has 1 heterocycles. The van der Waals surface area contributed by atoms with Gasteiger partial charge in [-0.1, -0.05) is 60.7 Å². The Morgan fingerprint density at radius 3 is 1.82 bits per heavy atom. The standard InChI is InChI=1S/C20H26NO/c1-21(15-9-4-10-16-21)19(17-11-5-2-6-12-17)20(22)18-13-7-3-8-14-18/h2-3,5-8,11-14,19-20,22H,4,9-10,15-16H2,1H3/q+1. The van der Waals surface area contributed by atoms with Crippen molar-refractivity contribution in [3.05, 3.63) is 71.8 Å². The number of nitrogens with zero attached hydrogens (tertiary/aromatic N) is 1. The summed E-state index contributed by atoms with van der Waals surface area (Å²) in [4.78, 5) is 0. The van der Waals surface area contributed by atoms with Crippen LogP contribution in [0.3, 0.4) is 0 Å². The fourth-order valence-corrected chi connectivity index (χ4v) is 3.88. The van der Waals surface area contributed by atoms with Gasteiger partial charge in [-0.15, -0.1) is 0 Å². The fourth-order valence-electron chi connectivity index (χ4n) is 3.88. The molecule has 0 saturated carbocycles. The zero-order valence-corrected chi connectivity index (χ0v) is 13.4. The Balaban J connectivity index is 1.99. The second kappa shape index (κ2) is 6.64. The first-order valence-electron chi connectivity index (χ1n) is 8.33. The average molecular weight is 296 g/mol. The van der Waals surface area contributed by atoms with Gasteiger partial charge in [0, 0.05) is 5.56 Å². The van der Waals surface area contributed by atoms with Crippen molar-refractivity contribution < 1.29 is 9.59 Å². The Morgan fingerprint density at radius 2 is 1.27 bits per heavy atom. The van der Waals surface area contributed by atoms with Crippen LogP contribution in [-0.2, 0) is 0 Å². The van der Waals surface area contributed by atoms with E-state index in [2.05, 4.69) is 31.3 Å². The topological polar surface area (TPSA) is 20.2 Å². The van der Waals surface area contributed by atoms with Gasteiger partial charge in [-0.3, -0.25) is 0 Å². The molecule has 1 aliphatic rings. The van der Waals surface area contributed by atoms with E-state index >= 15 is 0 Å². The molecular weight excluding hydrogens is 270 g/mol. The summed E-state index contributed by atoms with van der Waals surface area (Å²) in [5.41, 5.74) is 2.25. The second-order valence-electron chi connectivity index (χ2n) is 6.70. The molecule has 2 nitrogen and oxygen atoms in total. The van der Waals surface area contributed by atoms with Crippen LogP contribution in [0, 0.1) is 0 Å². The number of aliphatic hydroxyl groups excluding tert-OH is 1. The number of hydrogen-bond acceptors (Lipinski definition) is 1. The highest BCUT2D eigenvalue weighted by atomic mass is 16.3. The molecule has 0 aromatic heterocycles. The number of piperidine rings is 1. The van der Waals surface area contributed by atoms with E-state index in [9.17, 15) is 5.11 Å². The summed E-state index contributed by atoms with van der Waals surface area (Å²) in [6.45, 7) is 2.28. The first-order chi connectivity index (χ1) is 10.7. The summed E-state index contributed by atoms with van der Waals surface area (Å²) in [5, 5.41) is 11.1. The van der Waals surface area contributed by atoms with Crippen molar-refractivity contribution in [2.24, 2.45) is 0 Å². The molecule has 2 aromatic carbocycles. The van der Waals surface area contributed by atoms with Crippen LogP contribution in [0.15, 0.2) is 60.7 Å². The third-order valence-corrected chi connectivity index (χ3v) is 5.09. The van der Waals surface area contributed by atoms with Gasteiger partial charge in [-0.25, -0.2) is 0 Å². The summed E-state index contributed by atoms with van der Waals surface area (Å²) in [6, 6.07) is 20.7. The molecule has 1 aliphatic heterocycles. The van der Waals surface area contributed by atoms with Crippen LogP contribution in [0.25, 0.3) is 0 Å². The Kier molecular flexibility index (Phi) is 4.60.